The van der Waals surface area contributed by atoms with E-state index < -0.39 is 21.0 Å². The topological polar surface area (TPSA) is 75.3 Å². The fourth-order valence-electron chi connectivity index (χ4n) is 3.42. The van der Waals surface area contributed by atoms with Gasteiger partial charge in [0.15, 0.2) is 0 Å². The molecule has 0 spiro atoms. The van der Waals surface area contributed by atoms with Gasteiger partial charge in [-0.25, -0.2) is 17.5 Å². The van der Waals surface area contributed by atoms with Gasteiger partial charge in [0.25, 0.3) is 0 Å². The van der Waals surface area contributed by atoms with Gasteiger partial charge in [0, 0.05) is 11.2 Å². The summed E-state index contributed by atoms with van der Waals surface area (Å²) in [5.74, 6) is -0.624. The molecule has 1 saturated carbocycles. The van der Waals surface area contributed by atoms with Crippen LogP contribution < -0.4 is 10.0 Å². The predicted octanol–water partition coefficient (Wildman–Crippen LogP) is 3.96. The SMILES string of the molecule is CC(C)(C)NS(=O)(=O)c1cccc(NC(=O)C2(c3cccc(F)c3)CCC2)c1. The van der Waals surface area contributed by atoms with Crippen LogP contribution in [0.3, 0.4) is 0 Å². The normalized spacial score (nSPS) is 16.3. The van der Waals surface area contributed by atoms with E-state index in [0.29, 0.717) is 24.1 Å². The number of benzene rings is 2. The number of nitrogens with one attached hydrogen (secondary N) is 2. The molecule has 1 amide bonds. The first-order valence-electron chi connectivity index (χ1n) is 9.23. The number of sulfonamides is 1. The van der Waals surface area contributed by atoms with Crippen LogP contribution in [0.5, 0.6) is 0 Å². The molecule has 0 bridgehead atoms. The minimum Gasteiger partial charge on any atom is -0.325 e. The molecular weight excluding hydrogens is 379 g/mol. The van der Waals surface area contributed by atoms with Crippen LogP contribution in [0.1, 0.15) is 45.6 Å². The molecule has 1 aliphatic carbocycles. The van der Waals surface area contributed by atoms with Gasteiger partial charge < -0.3 is 5.32 Å². The number of hydrogen-bond acceptors (Lipinski definition) is 3. The summed E-state index contributed by atoms with van der Waals surface area (Å²) in [6, 6.07) is 12.3. The van der Waals surface area contributed by atoms with E-state index >= 15 is 0 Å². The van der Waals surface area contributed by atoms with E-state index in [1.807, 2.05) is 0 Å². The van der Waals surface area contributed by atoms with Crippen LogP contribution in [0.4, 0.5) is 10.1 Å². The van der Waals surface area contributed by atoms with Gasteiger partial charge in [-0.15, -0.1) is 0 Å². The van der Waals surface area contributed by atoms with E-state index in [4.69, 9.17) is 0 Å². The quantitative estimate of drug-likeness (QED) is 0.792. The average Bonchev–Trinajstić information content (AvgIpc) is 2.52. The van der Waals surface area contributed by atoms with Gasteiger partial charge in [-0.05, 0) is 69.5 Å². The molecule has 0 aliphatic heterocycles. The van der Waals surface area contributed by atoms with Crippen LogP contribution in [0.2, 0.25) is 0 Å². The highest BCUT2D eigenvalue weighted by Crippen LogP contribution is 2.44. The van der Waals surface area contributed by atoms with Gasteiger partial charge >= 0.3 is 0 Å². The lowest BCUT2D eigenvalue weighted by atomic mass is 9.63. The van der Waals surface area contributed by atoms with Crippen molar-refractivity contribution in [1.82, 2.24) is 4.72 Å². The molecule has 3 rings (SSSR count). The molecule has 1 fully saturated rings. The molecule has 0 radical (unpaired) electrons. The number of amides is 1. The highest BCUT2D eigenvalue weighted by atomic mass is 32.2. The lowest BCUT2D eigenvalue weighted by Crippen LogP contribution is -2.46. The van der Waals surface area contributed by atoms with E-state index in [1.165, 1.54) is 24.3 Å². The zero-order valence-electron chi connectivity index (χ0n) is 16.3. The Morgan fingerprint density at radius 1 is 1.07 bits per heavy atom. The molecular formula is C21H25FN2O3S. The Morgan fingerprint density at radius 2 is 1.75 bits per heavy atom. The smallest absolute Gasteiger partial charge is 0.241 e. The van der Waals surface area contributed by atoms with Crippen LogP contribution in [0.15, 0.2) is 53.4 Å². The number of anilines is 1. The monoisotopic (exact) mass is 404 g/mol. The van der Waals surface area contributed by atoms with Crippen molar-refractivity contribution in [2.24, 2.45) is 0 Å². The van der Waals surface area contributed by atoms with Crippen molar-refractivity contribution in [3.63, 3.8) is 0 Å². The second kappa shape index (κ2) is 7.29. The maximum Gasteiger partial charge on any atom is 0.241 e. The molecule has 2 aromatic rings. The zero-order chi connectivity index (χ0) is 20.6. The number of hydrogen-bond donors (Lipinski definition) is 2. The van der Waals surface area contributed by atoms with Crippen molar-refractivity contribution >= 4 is 21.6 Å². The highest BCUT2D eigenvalue weighted by molar-refractivity contribution is 7.89. The molecule has 7 heteroatoms. The number of halogens is 1. The summed E-state index contributed by atoms with van der Waals surface area (Å²) in [6.45, 7) is 5.28. The average molecular weight is 405 g/mol. The molecule has 1 aliphatic rings. The molecule has 5 nitrogen and oxygen atoms in total. The van der Waals surface area contributed by atoms with Crippen LogP contribution >= 0.6 is 0 Å². The molecule has 0 heterocycles. The van der Waals surface area contributed by atoms with E-state index in [9.17, 15) is 17.6 Å². The van der Waals surface area contributed by atoms with Gasteiger partial charge in [-0.3, -0.25) is 4.79 Å². The lowest BCUT2D eigenvalue weighted by molar-refractivity contribution is -0.124. The Bertz CT molecular complexity index is 993. The third kappa shape index (κ3) is 4.25. The second-order valence-electron chi connectivity index (χ2n) is 8.28. The Hall–Kier alpha value is -2.25. The lowest BCUT2D eigenvalue weighted by Gasteiger charge is -2.40. The molecule has 28 heavy (non-hydrogen) atoms. The number of carbonyl (C=O) groups excluding carboxylic acids is 1. The molecule has 150 valence electrons. The first-order valence-corrected chi connectivity index (χ1v) is 10.7. The van der Waals surface area contributed by atoms with Crippen LogP contribution in [-0.2, 0) is 20.2 Å². The molecule has 0 unspecified atom stereocenters. The summed E-state index contributed by atoms with van der Waals surface area (Å²) in [4.78, 5) is 13.1. The highest BCUT2D eigenvalue weighted by Gasteiger charge is 2.45. The summed E-state index contributed by atoms with van der Waals surface area (Å²) in [5.41, 5.74) is -0.356. The predicted molar refractivity (Wildman–Crippen MR) is 107 cm³/mol. The Kier molecular flexibility index (Phi) is 5.34. The van der Waals surface area contributed by atoms with Gasteiger partial charge in [0.05, 0.1) is 10.3 Å². The van der Waals surface area contributed by atoms with Crippen molar-refractivity contribution in [2.45, 2.75) is 55.9 Å². The summed E-state index contributed by atoms with van der Waals surface area (Å²) >= 11 is 0. The maximum atomic E-state index is 13.7. The van der Waals surface area contributed by atoms with Gasteiger partial charge in [0.2, 0.25) is 15.9 Å². The van der Waals surface area contributed by atoms with E-state index in [0.717, 1.165) is 6.42 Å². The number of carbonyl (C=O) groups is 1. The summed E-state index contributed by atoms with van der Waals surface area (Å²) in [7, 11) is -3.71. The second-order valence-corrected chi connectivity index (χ2v) is 9.97. The third-order valence-corrected chi connectivity index (χ3v) is 6.62. The first kappa shape index (κ1) is 20.5. The molecule has 0 atom stereocenters. The van der Waals surface area contributed by atoms with Crippen molar-refractivity contribution in [2.75, 3.05) is 5.32 Å². The largest absolute Gasteiger partial charge is 0.325 e. The Labute approximate surface area is 165 Å². The van der Waals surface area contributed by atoms with Crippen LogP contribution in [0.25, 0.3) is 0 Å². The Morgan fingerprint density at radius 3 is 2.32 bits per heavy atom. The van der Waals surface area contributed by atoms with Crippen molar-refractivity contribution in [3.8, 4) is 0 Å². The summed E-state index contributed by atoms with van der Waals surface area (Å²) < 4.78 is 41.3. The summed E-state index contributed by atoms with van der Waals surface area (Å²) in [6.07, 6.45) is 2.14. The van der Waals surface area contributed by atoms with E-state index in [1.54, 1.807) is 45.0 Å². The fourth-order valence-corrected chi connectivity index (χ4v) is 4.88. The molecule has 2 N–H and O–H groups in total. The van der Waals surface area contributed by atoms with E-state index in [-0.39, 0.29) is 16.6 Å². The van der Waals surface area contributed by atoms with Crippen molar-refractivity contribution < 1.29 is 17.6 Å². The molecule has 0 saturated heterocycles. The third-order valence-electron chi connectivity index (χ3n) is 4.86. The van der Waals surface area contributed by atoms with Gasteiger partial charge in [-0.1, -0.05) is 24.6 Å². The minimum atomic E-state index is -3.71. The van der Waals surface area contributed by atoms with Gasteiger partial charge in [0.1, 0.15) is 5.82 Å². The van der Waals surface area contributed by atoms with Crippen molar-refractivity contribution in [1.29, 1.82) is 0 Å². The summed E-state index contributed by atoms with van der Waals surface area (Å²) in [5, 5.41) is 2.82. The van der Waals surface area contributed by atoms with Crippen LogP contribution in [-0.4, -0.2) is 19.9 Å². The van der Waals surface area contributed by atoms with E-state index in [2.05, 4.69) is 10.0 Å². The van der Waals surface area contributed by atoms with Crippen molar-refractivity contribution in [3.05, 3.63) is 59.9 Å². The maximum absolute atomic E-state index is 13.7. The fraction of sp³-hybridized carbons (Fsp3) is 0.381. The Balaban J connectivity index is 1.85. The van der Waals surface area contributed by atoms with Gasteiger partial charge in [-0.2, -0.15) is 0 Å². The standard InChI is InChI=1S/C21H25FN2O3S/c1-20(2,3)24-28(26,27)18-10-5-9-17(14-18)23-19(25)21(11-6-12-21)15-7-4-8-16(22)13-15/h4-5,7-10,13-14,24H,6,11-12H2,1-3H3,(H,23,25). The molecule has 2 aromatic carbocycles. The minimum absolute atomic E-state index is 0.0774. The first-order chi connectivity index (χ1) is 13.0. The zero-order valence-corrected chi connectivity index (χ0v) is 17.1. The number of rotatable bonds is 5. The van der Waals surface area contributed by atoms with Crippen LogP contribution in [0, 0.1) is 5.82 Å². The molecule has 0 aromatic heterocycles.